The van der Waals surface area contributed by atoms with Crippen LogP contribution in [0.1, 0.15) is 12.0 Å². The minimum absolute atomic E-state index is 0.0530. The second kappa shape index (κ2) is 7.86. The number of alkyl halides is 3. The van der Waals surface area contributed by atoms with Crippen molar-refractivity contribution in [1.82, 2.24) is 4.98 Å². The number of thiazole rings is 1. The fourth-order valence-electron chi connectivity index (χ4n) is 3.25. The lowest BCUT2D eigenvalue weighted by molar-refractivity contribution is -0.254. The first kappa shape index (κ1) is 21.1. The molecule has 2 heterocycles. The number of rotatable bonds is 5. The second-order valence-corrected chi connectivity index (χ2v) is 7.64. The molecule has 0 saturated carbocycles. The largest absolute Gasteiger partial charge is 0.493 e. The van der Waals surface area contributed by atoms with E-state index < -0.39 is 18.3 Å². The molecule has 1 unspecified atom stereocenters. The zero-order valence-electron chi connectivity index (χ0n) is 16.6. The SMILES string of the molecule is COc1ccc(C2=NN(c3nc(-c4ccccc4)cs3)C(O)(C(F)(F)F)C2)cc1OC. The number of halogens is 3. The first-order valence-electron chi connectivity index (χ1n) is 9.17. The number of hydrazone groups is 1. The van der Waals surface area contributed by atoms with Crippen LogP contribution < -0.4 is 14.5 Å². The molecule has 0 fully saturated rings. The summed E-state index contributed by atoms with van der Waals surface area (Å²) in [5.41, 5.74) is -1.54. The summed E-state index contributed by atoms with van der Waals surface area (Å²) < 4.78 is 52.2. The first-order valence-corrected chi connectivity index (χ1v) is 10.0. The van der Waals surface area contributed by atoms with Crippen LogP contribution in [0.5, 0.6) is 11.5 Å². The van der Waals surface area contributed by atoms with Gasteiger partial charge in [0.1, 0.15) is 0 Å². The maximum absolute atomic E-state index is 13.9. The molecule has 0 radical (unpaired) electrons. The summed E-state index contributed by atoms with van der Waals surface area (Å²) in [5.74, 6) is 0.775. The average molecular weight is 449 g/mol. The van der Waals surface area contributed by atoms with Crippen LogP contribution in [-0.4, -0.2) is 41.9 Å². The molecule has 1 aromatic heterocycles. The molecule has 1 aliphatic rings. The van der Waals surface area contributed by atoms with Crippen molar-refractivity contribution in [2.24, 2.45) is 5.10 Å². The quantitative estimate of drug-likeness (QED) is 0.612. The monoisotopic (exact) mass is 449 g/mol. The van der Waals surface area contributed by atoms with E-state index in [0.29, 0.717) is 27.8 Å². The third kappa shape index (κ3) is 3.72. The summed E-state index contributed by atoms with van der Waals surface area (Å²) in [5, 5.41) is 16.9. The maximum Gasteiger partial charge on any atom is 0.438 e. The highest BCUT2D eigenvalue weighted by molar-refractivity contribution is 7.14. The molecule has 0 bridgehead atoms. The minimum atomic E-state index is -4.96. The van der Waals surface area contributed by atoms with Gasteiger partial charge < -0.3 is 14.6 Å². The van der Waals surface area contributed by atoms with Gasteiger partial charge in [-0.25, -0.2) is 4.98 Å². The van der Waals surface area contributed by atoms with Crippen LogP contribution in [0.25, 0.3) is 11.3 Å². The molecule has 4 rings (SSSR count). The van der Waals surface area contributed by atoms with Crippen molar-refractivity contribution in [3.63, 3.8) is 0 Å². The number of ether oxygens (including phenoxy) is 2. The summed E-state index contributed by atoms with van der Waals surface area (Å²) in [4.78, 5) is 4.29. The van der Waals surface area contributed by atoms with Crippen molar-refractivity contribution in [3.8, 4) is 22.8 Å². The van der Waals surface area contributed by atoms with Gasteiger partial charge in [-0.3, -0.25) is 0 Å². The summed E-state index contributed by atoms with van der Waals surface area (Å²) in [6.07, 6.45) is -5.72. The second-order valence-electron chi connectivity index (χ2n) is 6.80. The van der Waals surface area contributed by atoms with Gasteiger partial charge in [0.15, 0.2) is 11.5 Å². The van der Waals surface area contributed by atoms with Crippen LogP contribution in [0.2, 0.25) is 0 Å². The summed E-state index contributed by atoms with van der Waals surface area (Å²) in [7, 11) is 2.89. The highest BCUT2D eigenvalue weighted by Crippen LogP contribution is 2.45. The van der Waals surface area contributed by atoms with Gasteiger partial charge in [0.05, 0.1) is 32.0 Å². The van der Waals surface area contributed by atoms with Crippen LogP contribution in [0.3, 0.4) is 0 Å². The Balaban J connectivity index is 1.76. The zero-order valence-corrected chi connectivity index (χ0v) is 17.4. The molecule has 1 atom stereocenters. The van der Waals surface area contributed by atoms with Gasteiger partial charge >= 0.3 is 6.18 Å². The van der Waals surface area contributed by atoms with Crippen LogP contribution in [-0.2, 0) is 0 Å². The maximum atomic E-state index is 13.9. The van der Waals surface area contributed by atoms with Crippen molar-refractivity contribution in [3.05, 3.63) is 59.5 Å². The standard InChI is InChI=1S/C21H18F3N3O3S/c1-29-17-9-8-14(10-18(17)30-2)15-11-20(28,21(22,23)24)27(26-15)19-25-16(12-31-19)13-6-4-3-5-7-13/h3-10,12,28H,11H2,1-2H3. The molecule has 0 amide bonds. The highest BCUT2D eigenvalue weighted by atomic mass is 32.1. The van der Waals surface area contributed by atoms with Crippen LogP contribution in [0.4, 0.5) is 18.3 Å². The molecular weight excluding hydrogens is 431 g/mol. The Morgan fingerprint density at radius 3 is 2.39 bits per heavy atom. The highest BCUT2D eigenvalue weighted by Gasteiger charge is 2.62. The first-order chi connectivity index (χ1) is 14.8. The van der Waals surface area contributed by atoms with E-state index >= 15 is 0 Å². The van der Waals surface area contributed by atoms with Gasteiger partial charge in [-0.1, -0.05) is 30.3 Å². The molecule has 1 N–H and O–H groups in total. The predicted molar refractivity (Wildman–Crippen MR) is 112 cm³/mol. The van der Waals surface area contributed by atoms with Gasteiger partial charge in [0.25, 0.3) is 5.72 Å². The van der Waals surface area contributed by atoms with E-state index in [9.17, 15) is 18.3 Å². The van der Waals surface area contributed by atoms with Crippen LogP contribution >= 0.6 is 11.3 Å². The fraction of sp³-hybridized carbons (Fsp3) is 0.238. The number of benzene rings is 2. The summed E-state index contributed by atoms with van der Waals surface area (Å²) in [6.45, 7) is 0. The number of hydrogen-bond acceptors (Lipinski definition) is 7. The lowest BCUT2D eigenvalue weighted by atomic mass is 10.0. The van der Waals surface area contributed by atoms with Crippen molar-refractivity contribution >= 4 is 22.2 Å². The lowest BCUT2D eigenvalue weighted by Gasteiger charge is -2.32. The normalized spacial score (nSPS) is 18.8. The summed E-state index contributed by atoms with van der Waals surface area (Å²) in [6, 6.07) is 13.7. The Kier molecular flexibility index (Phi) is 5.36. The molecular formula is C21H18F3N3O3S. The van der Waals surface area contributed by atoms with Gasteiger partial charge in [-0.05, 0) is 18.2 Å². The van der Waals surface area contributed by atoms with E-state index in [1.807, 2.05) is 18.2 Å². The van der Waals surface area contributed by atoms with Gasteiger partial charge in [-0.15, -0.1) is 11.3 Å². The Morgan fingerprint density at radius 2 is 1.74 bits per heavy atom. The number of hydrogen-bond donors (Lipinski definition) is 1. The van der Waals surface area contributed by atoms with Crippen molar-refractivity contribution in [1.29, 1.82) is 0 Å². The Hall–Kier alpha value is -3.11. The Labute approximate surface area is 180 Å². The zero-order chi connectivity index (χ0) is 22.2. The van der Waals surface area contributed by atoms with E-state index in [1.54, 1.807) is 29.6 Å². The number of methoxy groups -OCH3 is 2. The molecule has 2 aromatic carbocycles. The van der Waals surface area contributed by atoms with E-state index in [2.05, 4.69) is 10.1 Å². The molecule has 3 aromatic rings. The topological polar surface area (TPSA) is 67.2 Å². The molecule has 6 nitrogen and oxygen atoms in total. The van der Waals surface area contributed by atoms with Crippen molar-refractivity contribution in [2.75, 3.05) is 19.2 Å². The summed E-state index contributed by atoms with van der Waals surface area (Å²) >= 11 is 0.974. The van der Waals surface area contributed by atoms with E-state index in [4.69, 9.17) is 9.47 Å². The number of anilines is 1. The van der Waals surface area contributed by atoms with Crippen molar-refractivity contribution in [2.45, 2.75) is 18.3 Å². The number of nitrogens with zero attached hydrogens (tertiary/aromatic N) is 3. The van der Waals surface area contributed by atoms with Gasteiger partial charge in [0, 0.05) is 16.5 Å². The third-order valence-electron chi connectivity index (χ3n) is 4.90. The molecule has 0 saturated heterocycles. The van der Waals surface area contributed by atoms with Crippen molar-refractivity contribution < 1.29 is 27.8 Å². The third-order valence-corrected chi connectivity index (χ3v) is 5.71. The molecule has 0 aliphatic carbocycles. The molecule has 31 heavy (non-hydrogen) atoms. The van der Waals surface area contributed by atoms with Gasteiger partial charge in [0.2, 0.25) is 5.13 Å². The molecule has 10 heteroatoms. The number of aromatic nitrogens is 1. The fourth-order valence-corrected chi connectivity index (χ4v) is 4.10. The lowest BCUT2D eigenvalue weighted by Crippen LogP contribution is -2.55. The van der Waals surface area contributed by atoms with E-state index in [0.717, 1.165) is 16.9 Å². The van der Waals surface area contributed by atoms with E-state index in [1.165, 1.54) is 20.3 Å². The van der Waals surface area contributed by atoms with Crippen LogP contribution in [0, 0.1) is 0 Å². The number of aliphatic hydroxyl groups is 1. The van der Waals surface area contributed by atoms with E-state index in [-0.39, 0.29) is 10.8 Å². The molecule has 1 aliphatic heterocycles. The predicted octanol–water partition coefficient (Wildman–Crippen LogP) is 4.69. The Morgan fingerprint density at radius 1 is 1.03 bits per heavy atom. The van der Waals surface area contributed by atoms with Crippen LogP contribution in [0.15, 0.2) is 59.0 Å². The van der Waals surface area contributed by atoms with Gasteiger partial charge in [-0.2, -0.15) is 23.3 Å². The Bertz CT molecular complexity index is 1120. The minimum Gasteiger partial charge on any atom is -0.493 e. The average Bonchev–Trinajstić information content (AvgIpc) is 3.39. The molecule has 0 spiro atoms. The molecule has 162 valence electrons. The smallest absolute Gasteiger partial charge is 0.438 e.